The second-order valence-electron chi connectivity index (χ2n) is 5.02. The molecule has 0 radical (unpaired) electrons. The van der Waals surface area contributed by atoms with Crippen LogP contribution in [-0.2, 0) is 0 Å². The monoisotopic (exact) mass is 251 g/mol. The molecule has 1 rings (SSSR count). The topological polar surface area (TPSA) is 20.3 Å². The van der Waals surface area contributed by atoms with E-state index in [1.165, 1.54) is 6.07 Å². The molecule has 0 fully saturated rings. The predicted octanol–water partition coefficient (Wildman–Crippen LogP) is 3.44. The number of aryl methyl sites for hydroxylation is 1. The van der Waals surface area contributed by atoms with Gasteiger partial charge < -0.3 is 0 Å². The molecule has 0 aromatic heterocycles. The molecule has 2 nitrogen and oxygen atoms in total. The average molecular weight is 251 g/mol. The molecule has 0 spiro atoms. The minimum atomic E-state index is -0.606. The van der Waals surface area contributed by atoms with Crippen molar-refractivity contribution in [1.82, 2.24) is 4.90 Å². The number of rotatable bonds is 5. The number of hydrogen-bond acceptors (Lipinski definition) is 2. The summed E-state index contributed by atoms with van der Waals surface area (Å²) in [5, 5.41) is 0. The summed E-state index contributed by atoms with van der Waals surface area (Å²) in [5.41, 5.74) is 0.396. The maximum Gasteiger partial charge on any atom is 0.182 e. The highest BCUT2D eigenvalue weighted by molar-refractivity contribution is 6.02. The first-order valence-corrected chi connectivity index (χ1v) is 6.40. The first-order chi connectivity index (χ1) is 8.34. The van der Waals surface area contributed by atoms with Crippen LogP contribution in [0.2, 0.25) is 0 Å². The highest BCUT2D eigenvalue weighted by Gasteiger charge is 2.33. The lowest BCUT2D eigenvalue weighted by atomic mass is 9.90. The Balaban J connectivity index is 3.09. The van der Waals surface area contributed by atoms with E-state index in [4.69, 9.17) is 0 Å². The molecule has 18 heavy (non-hydrogen) atoms. The molecule has 0 aliphatic carbocycles. The standard InChI is InChI=1S/C15H22FNO/c1-6-17(7-2)15(4,5)14(18)12-9-8-11(3)13(16)10-12/h8-10H,6-7H2,1-5H3. The van der Waals surface area contributed by atoms with Crippen LogP contribution in [0.25, 0.3) is 0 Å². The van der Waals surface area contributed by atoms with Gasteiger partial charge in [-0.15, -0.1) is 0 Å². The molecule has 100 valence electrons. The third-order valence-electron chi connectivity index (χ3n) is 3.54. The number of hydrogen-bond donors (Lipinski definition) is 0. The van der Waals surface area contributed by atoms with Crippen molar-refractivity contribution in [2.45, 2.75) is 40.2 Å². The number of ketones is 1. The van der Waals surface area contributed by atoms with E-state index in [9.17, 15) is 9.18 Å². The Morgan fingerprint density at radius 1 is 1.28 bits per heavy atom. The van der Waals surface area contributed by atoms with Gasteiger partial charge in [-0.1, -0.05) is 26.0 Å². The van der Waals surface area contributed by atoms with Gasteiger partial charge in [0.2, 0.25) is 0 Å². The van der Waals surface area contributed by atoms with Crippen LogP contribution < -0.4 is 0 Å². The van der Waals surface area contributed by atoms with E-state index in [2.05, 4.69) is 4.90 Å². The fraction of sp³-hybridized carbons (Fsp3) is 0.533. The molecule has 0 N–H and O–H groups in total. The van der Waals surface area contributed by atoms with Gasteiger partial charge >= 0.3 is 0 Å². The summed E-state index contributed by atoms with van der Waals surface area (Å²) in [5.74, 6) is -0.360. The van der Waals surface area contributed by atoms with Crippen LogP contribution in [0.4, 0.5) is 4.39 Å². The molecule has 0 atom stereocenters. The van der Waals surface area contributed by atoms with E-state index in [1.54, 1.807) is 19.1 Å². The van der Waals surface area contributed by atoms with Gasteiger partial charge in [0, 0.05) is 5.56 Å². The van der Waals surface area contributed by atoms with Gasteiger partial charge in [0.1, 0.15) is 5.82 Å². The normalized spacial score (nSPS) is 11.9. The zero-order chi connectivity index (χ0) is 13.9. The molecular formula is C15H22FNO. The van der Waals surface area contributed by atoms with E-state index in [0.29, 0.717) is 11.1 Å². The molecule has 0 unspecified atom stereocenters. The summed E-state index contributed by atoms with van der Waals surface area (Å²) in [6, 6.07) is 4.69. The molecular weight excluding hydrogens is 229 g/mol. The van der Waals surface area contributed by atoms with Gasteiger partial charge in [0.25, 0.3) is 0 Å². The summed E-state index contributed by atoms with van der Waals surface area (Å²) in [6.45, 7) is 11.1. The fourth-order valence-electron chi connectivity index (χ4n) is 2.25. The van der Waals surface area contributed by atoms with Crippen molar-refractivity contribution in [2.24, 2.45) is 0 Å². The Morgan fingerprint density at radius 2 is 1.83 bits per heavy atom. The minimum Gasteiger partial charge on any atom is -0.292 e. The first kappa shape index (κ1) is 14.8. The SMILES string of the molecule is CCN(CC)C(C)(C)C(=O)c1ccc(C)c(F)c1. The summed E-state index contributed by atoms with van der Waals surface area (Å²) in [6.07, 6.45) is 0. The number of likely N-dealkylation sites (N-methyl/N-ethyl adjacent to an activating group) is 1. The largest absolute Gasteiger partial charge is 0.292 e. The lowest BCUT2D eigenvalue weighted by molar-refractivity contribution is 0.0668. The smallest absolute Gasteiger partial charge is 0.182 e. The Bertz CT molecular complexity index is 436. The second kappa shape index (κ2) is 5.61. The van der Waals surface area contributed by atoms with Gasteiger partial charge in [-0.3, -0.25) is 9.69 Å². The van der Waals surface area contributed by atoms with E-state index < -0.39 is 5.54 Å². The van der Waals surface area contributed by atoms with Crippen molar-refractivity contribution >= 4 is 5.78 Å². The van der Waals surface area contributed by atoms with E-state index in [0.717, 1.165) is 13.1 Å². The van der Waals surface area contributed by atoms with Crippen molar-refractivity contribution in [3.8, 4) is 0 Å². The van der Waals surface area contributed by atoms with Crippen LogP contribution in [0.15, 0.2) is 18.2 Å². The summed E-state index contributed by atoms with van der Waals surface area (Å²) < 4.78 is 13.5. The second-order valence-corrected chi connectivity index (χ2v) is 5.02. The van der Waals surface area contributed by atoms with Crippen LogP contribution in [-0.4, -0.2) is 29.3 Å². The minimum absolute atomic E-state index is 0.0369. The molecule has 1 aromatic rings. The number of Topliss-reactive ketones (excluding diaryl/α,β-unsaturated/α-hetero) is 1. The third-order valence-corrected chi connectivity index (χ3v) is 3.54. The van der Waals surface area contributed by atoms with Crippen molar-refractivity contribution < 1.29 is 9.18 Å². The number of carbonyl (C=O) groups excluding carboxylic acids is 1. The number of benzene rings is 1. The third kappa shape index (κ3) is 2.78. The molecule has 3 heteroatoms. The summed E-state index contributed by atoms with van der Waals surface area (Å²) >= 11 is 0. The maximum absolute atomic E-state index is 13.5. The van der Waals surface area contributed by atoms with Crippen molar-refractivity contribution in [3.05, 3.63) is 35.1 Å². The Morgan fingerprint density at radius 3 is 2.28 bits per heavy atom. The molecule has 0 heterocycles. The zero-order valence-electron chi connectivity index (χ0n) is 11.9. The zero-order valence-corrected chi connectivity index (χ0v) is 11.9. The molecule has 0 aliphatic rings. The van der Waals surface area contributed by atoms with Gasteiger partial charge in [0.05, 0.1) is 5.54 Å². The molecule has 0 saturated carbocycles. The number of nitrogens with zero attached hydrogens (tertiary/aromatic N) is 1. The van der Waals surface area contributed by atoms with Crippen LogP contribution in [0.1, 0.15) is 43.6 Å². The summed E-state index contributed by atoms with van der Waals surface area (Å²) in [4.78, 5) is 14.6. The van der Waals surface area contributed by atoms with Gasteiger partial charge in [0.15, 0.2) is 5.78 Å². The quantitative estimate of drug-likeness (QED) is 0.747. The van der Waals surface area contributed by atoms with Crippen LogP contribution in [0, 0.1) is 12.7 Å². The van der Waals surface area contributed by atoms with E-state index >= 15 is 0 Å². The number of halogens is 1. The highest BCUT2D eigenvalue weighted by Crippen LogP contribution is 2.21. The van der Waals surface area contributed by atoms with Gasteiger partial charge in [-0.2, -0.15) is 0 Å². The fourth-order valence-corrected chi connectivity index (χ4v) is 2.25. The van der Waals surface area contributed by atoms with Crippen molar-refractivity contribution in [1.29, 1.82) is 0 Å². The summed E-state index contributed by atoms with van der Waals surface area (Å²) in [7, 11) is 0. The Labute approximate surface area is 109 Å². The van der Waals surface area contributed by atoms with Gasteiger partial charge in [-0.25, -0.2) is 4.39 Å². The van der Waals surface area contributed by atoms with E-state index in [1.807, 2.05) is 27.7 Å². The highest BCUT2D eigenvalue weighted by atomic mass is 19.1. The van der Waals surface area contributed by atoms with E-state index in [-0.39, 0.29) is 11.6 Å². The average Bonchev–Trinajstić information content (AvgIpc) is 2.33. The molecule has 0 bridgehead atoms. The lowest BCUT2D eigenvalue weighted by Crippen LogP contribution is -2.49. The van der Waals surface area contributed by atoms with Crippen molar-refractivity contribution in [2.75, 3.05) is 13.1 Å². The molecule has 1 aromatic carbocycles. The predicted molar refractivity (Wildman–Crippen MR) is 72.5 cm³/mol. The maximum atomic E-state index is 13.5. The molecule has 0 aliphatic heterocycles. The molecule has 0 saturated heterocycles. The Kier molecular flexibility index (Phi) is 4.63. The van der Waals surface area contributed by atoms with Crippen LogP contribution in [0.5, 0.6) is 0 Å². The van der Waals surface area contributed by atoms with Crippen LogP contribution in [0.3, 0.4) is 0 Å². The Hall–Kier alpha value is -1.22. The van der Waals surface area contributed by atoms with Gasteiger partial charge in [-0.05, 0) is 45.5 Å². The van der Waals surface area contributed by atoms with Crippen LogP contribution >= 0.6 is 0 Å². The number of carbonyl (C=O) groups is 1. The van der Waals surface area contributed by atoms with Crippen molar-refractivity contribution in [3.63, 3.8) is 0 Å². The first-order valence-electron chi connectivity index (χ1n) is 6.40. The lowest BCUT2D eigenvalue weighted by Gasteiger charge is -2.35. The molecule has 0 amide bonds.